The largest absolute Gasteiger partial charge is 0.497 e. The first-order chi connectivity index (χ1) is 15.9. The molecular weight excluding hydrogens is 422 g/mol. The normalized spacial score (nSPS) is 10.8. The molecule has 8 nitrogen and oxygen atoms in total. The predicted octanol–water partition coefficient (Wildman–Crippen LogP) is 2.76. The lowest BCUT2D eigenvalue weighted by Crippen LogP contribution is -2.32. The summed E-state index contributed by atoms with van der Waals surface area (Å²) in [5.74, 6) is -0.246. The zero-order chi connectivity index (χ0) is 23.4. The van der Waals surface area contributed by atoms with Crippen LogP contribution < -0.4 is 10.3 Å². The molecule has 3 aromatic carbocycles. The van der Waals surface area contributed by atoms with Crippen LogP contribution in [0, 0.1) is 0 Å². The van der Waals surface area contributed by atoms with Gasteiger partial charge in [-0.1, -0.05) is 30.3 Å². The number of aromatic nitrogens is 2. The zero-order valence-electron chi connectivity index (χ0n) is 18.4. The van der Waals surface area contributed by atoms with Gasteiger partial charge in [-0.05, 0) is 46.7 Å². The number of hydrogen-bond acceptors (Lipinski definition) is 6. The standard InChI is InChI=1S/C25H23N3O5/c1-27(13-17-7-8-19-12-20(32-2)10-9-18(19)11-17)23(29)15-33-24(30)14-28-16-26-22-6-4-3-5-21(22)25(28)31/h3-12,16H,13-15H2,1-2H3. The molecule has 33 heavy (non-hydrogen) atoms. The van der Waals surface area contributed by atoms with Crippen LogP contribution in [0.5, 0.6) is 5.75 Å². The average Bonchev–Trinajstić information content (AvgIpc) is 2.84. The second-order valence-electron chi connectivity index (χ2n) is 7.65. The smallest absolute Gasteiger partial charge is 0.326 e. The van der Waals surface area contributed by atoms with Crippen LogP contribution in [-0.2, 0) is 27.4 Å². The molecule has 4 aromatic rings. The minimum atomic E-state index is -0.685. The average molecular weight is 445 g/mol. The molecule has 1 aromatic heterocycles. The van der Waals surface area contributed by atoms with E-state index in [0.717, 1.165) is 22.1 Å². The SMILES string of the molecule is COc1ccc2cc(CN(C)C(=O)COC(=O)Cn3cnc4ccccc4c3=O)ccc2c1. The molecule has 0 saturated heterocycles. The van der Waals surface area contributed by atoms with E-state index in [1.807, 2.05) is 36.4 Å². The number of carbonyl (C=O) groups is 2. The number of rotatable bonds is 7. The highest BCUT2D eigenvalue weighted by molar-refractivity contribution is 5.85. The van der Waals surface area contributed by atoms with Crippen LogP contribution in [0.2, 0.25) is 0 Å². The highest BCUT2D eigenvalue weighted by atomic mass is 16.5. The Morgan fingerprint density at radius 3 is 2.61 bits per heavy atom. The van der Waals surface area contributed by atoms with Gasteiger partial charge in [0.2, 0.25) is 0 Å². The second kappa shape index (κ2) is 9.52. The van der Waals surface area contributed by atoms with Gasteiger partial charge in [0.25, 0.3) is 11.5 Å². The van der Waals surface area contributed by atoms with Crippen molar-refractivity contribution >= 4 is 33.6 Å². The minimum absolute atomic E-state index is 0.318. The van der Waals surface area contributed by atoms with Gasteiger partial charge in [0.15, 0.2) is 6.61 Å². The van der Waals surface area contributed by atoms with Gasteiger partial charge in [-0.25, -0.2) is 4.98 Å². The Hall–Kier alpha value is -4.20. The number of methoxy groups -OCH3 is 1. The molecule has 0 aliphatic rings. The van der Waals surface area contributed by atoms with Gasteiger partial charge in [0.05, 0.1) is 24.3 Å². The quantitative estimate of drug-likeness (QED) is 0.406. The second-order valence-corrected chi connectivity index (χ2v) is 7.65. The number of fused-ring (bicyclic) bond motifs is 2. The zero-order valence-corrected chi connectivity index (χ0v) is 18.4. The number of carbonyl (C=O) groups excluding carboxylic acids is 2. The number of ether oxygens (including phenoxy) is 2. The van der Waals surface area contributed by atoms with Gasteiger partial charge in [0, 0.05) is 13.6 Å². The van der Waals surface area contributed by atoms with Crippen molar-refractivity contribution in [2.45, 2.75) is 13.1 Å². The molecule has 0 saturated carbocycles. The molecule has 8 heteroatoms. The van der Waals surface area contributed by atoms with Crippen molar-refractivity contribution in [3.63, 3.8) is 0 Å². The first-order valence-electron chi connectivity index (χ1n) is 10.3. The van der Waals surface area contributed by atoms with Gasteiger partial charge < -0.3 is 14.4 Å². The molecule has 0 spiro atoms. The molecule has 0 aliphatic heterocycles. The molecule has 0 bridgehead atoms. The van der Waals surface area contributed by atoms with Crippen LogP contribution >= 0.6 is 0 Å². The van der Waals surface area contributed by atoms with Crippen molar-refractivity contribution in [2.24, 2.45) is 0 Å². The van der Waals surface area contributed by atoms with Crippen LogP contribution in [-0.4, -0.2) is 47.1 Å². The number of likely N-dealkylation sites (N-methyl/N-ethyl adjacent to an activating group) is 1. The van der Waals surface area contributed by atoms with Gasteiger partial charge in [0.1, 0.15) is 12.3 Å². The molecule has 0 radical (unpaired) electrons. The molecule has 168 valence electrons. The number of esters is 1. The first-order valence-corrected chi connectivity index (χ1v) is 10.3. The molecule has 0 unspecified atom stereocenters. The van der Waals surface area contributed by atoms with Crippen LogP contribution in [0.4, 0.5) is 0 Å². The molecule has 1 heterocycles. The molecule has 0 aliphatic carbocycles. The van der Waals surface area contributed by atoms with Crippen molar-refractivity contribution in [3.8, 4) is 5.75 Å². The van der Waals surface area contributed by atoms with E-state index in [0.29, 0.717) is 17.4 Å². The summed E-state index contributed by atoms with van der Waals surface area (Å²) >= 11 is 0. The number of hydrogen-bond donors (Lipinski definition) is 0. The fourth-order valence-electron chi connectivity index (χ4n) is 3.52. The lowest BCUT2D eigenvalue weighted by Gasteiger charge is -2.18. The summed E-state index contributed by atoms with van der Waals surface area (Å²) in [6.45, 7) is -0.357. The van der Waals surface area contributed by atoms with E-state index in [9.17, 15) is 14.4 Å². The van der Waals surface area contributed by atoms with E-state index in [-0.39, 0.29) is 18.0 Å². The summed E-state index contributed by atoms with van der Waals surface area (Å²) in [5.41, 5.74) is 1.16. The summed E-state index contributed by atoms with van der Waals surface area (Å²) in [6, 6.07) is 18.6. The fraction of sp³-hybridized carbons (Fsp3) is 0.200. The summed E-state index contributed by atoms with van der Waals surface area (Å²) < 4.78 is 11.5. The Morgan fingerprint density at radius 2 is 1.79 bits per heavy atom. The first kappa shape index (κ1) is 22.0. The van der Waals surface area contributed by atoms with Gasteiger partial charge in [-0.15, -0.1) is 0 Å². The molecule has 0 fully saturated rings. The highest BCUT2D eigenvalue weighted by Gasteiger charge is 2.14. The van der Waals surface area contributed by atoms with Gasteiger partial charge in [-0.2, -0.15) is 0 Å². The van der Waals surface area contributed by atoms with Crippen molar-refractivity contribution in [3.05, 3.63) is 82.9 Å². The predicted molar refractivity (Wildman–Crippen MR) is 124 cm³/mol. The van der Waals surface area contributed by atoms with Gasteiger partial charge in [-0.3, -0.25) is 19.0 Å². The lowest BCUT2D eigenvalue weighted by atomic mass is 10.1. The third-order valence-electron chi connectivity index (χ3n) is 5.34. The van der Waals surface area contributed by atoms with E-state index >= 15 is 0 Å². The molecule has 1 amide bonds. The Bertz CT molecular complexity index is 1400. The van der Waals surface area contributed by atoms with Crippen molar-refractivity contribution in [2.75, 3.05) is 20.8 Å². The van der Waals surface area contributed by atoms with Crippen LogP contribution in [0.1, 0.15) is 5.56 Å². The summed E-state index contributed by atoms with van der Waals surface area (Å²) in [4.78, 5) is 42.8. The number of benzene rings is 3. The third kappa shape index (κ3) is 5.01. The van der Waals surface area contributed by atoms with Crippen molar-refractivity contribution in [1.82, 2.24) is 14.5 Å². The minimum Gasteiger partial charge on any atom is -0.497 e. The van der Waals surface area contributed by atoms with Crippen LogP contribution in [0.3, 0.4) is 0 Å². The Balaban J connectivity index is 1.33. The maximum atomic E-state index is 12.5. The van der Waals surface area contributed by atoms with E-state index < -0.39 is 12.6 Å². The molecule has 0 N–H and O–H groups in total. The van der Waals surface area contributed by atoms with Gasteiger partial charge >= 0.3 is 5.97 Å². The van der Waals surface area contributed by atoms with E-state index in [1.165, 1.54) is 15.8 Å². The van der Waals surface area contributed by atoms with Crippen molar-refractivity contribution < 1.29 is 19.1 Å². The number of para-hydroxylation sites is 1. The van der Waals surface area contributed by atoms with Crippen molar-refractivity contribution in [1.29, 1.82) is 0 Å². The van der Waals surface area contributed by atoms with Crippen LogP contribution in [0.25, 0.3) is 21.7 Å². The topological polar surface area (TPSA) is 90.7 Å². The maximum absolute atomic E-state index is 12.5. The van der Waals surface area contributed by atoms with E-state index in [4.69, 9.17) is 9.47 Å². The molecule has 0 atom stereocenters. The Labute approximate surface area is 190 Å². The van der Waals surface area contributed by atoms with Crippen LogP contribution in [0.15, 0.2) is 71.8 Å². The third-order valence-corrected chi connectivity index (χ3v) is 5.34. The molecular formula is C25H23N3O5. The Morgan fingerprint density at radius 1 is 1.03 bits per heavy atom. The van der Waals surface area contributed by atoms with E-state index in [1.54, 1.807) is 38.4 Å². The lowest BCUT2D eigenvalue weighted by molar-refractivity contribution is -0.152. The maximum Gasteiger partial charge on any atom is 0.326 e. The fourth-order valence-corrected chi connectivity index (χ4v) is 3.52. The summed E-state index contributed by atoms with van der Waals surface area (Å²) in [5, 5.41) is 2.49. The number of amides is 1. The van der Waals surface area contributed by atoms with E-state index in [2.05, 4.69) is 4.98 Å². The number of nitrogens with zero attached hydrogens (tertiary/aromatic N) is 3. The summed E-state index contributed by atoms with van der Waals surface area (Å²) in [6.07, 6.45) is 1.30. The highest BCUT2D eigenvalue weighted by Crippen LogP contribution is 2.22. The molecule has 4 rings (SSSR count). The monoisotopic (exact) mass is 445 g/mol. The Kier molecular flexibility index (Phi) is 6.35. The summed E-state index contributed by atoms with van der Waals surface area (Å²) in [7, 11) is 3.27.